The lowest BCUT2D eigenvalue weighted by Crippen LogP contribution is -2.22. The summed E-state index contributed by atoms with van der Waals surface area (Å²) >= 11 is 11.9. The molecule has 1 heterocycles. The zero-order chi connectivity index (χ0) is 18.5. The highest BCUT2D eigenvalue weighted by molar-refractivity contribution is 7.91. The van der Waals surface area contributed by atoms with Gasteiger partial charge in [-0.15, -0.1) is 0 Å². The van der Waals surface area contributed by atoms with Crippen molar-refractivity contribution in [2.24, 2.45) is 5.73 Å². The zero-order valence-corrected chi connectivity index (χ0v) is 15.7. The average molecular weight is 405 g/mol. The highest BCUT2D eigenvalue weighted by Crippen LogP contribution is 2.34. The van der Waals surface area contributed by atoms with Gasteiger partial charge in [0, 0.05) is 26.8 Å². The van der Waals surface area contributed by atoms with Gasteiger partial charge in [0.25, 0.3) is 0 Å². The van der Waals surface area contributed by atoms with Crippen LogP contribution in [0.1, 0.15) is 10.9 Å². The van der Waals surface area contributed by atoms with E-state index in [0.29, 0.717) is 10.6 Å². The van der Waals surface area contributed by atoms with E-state index in [9.17, 15) is 8.42 Å². The second-order valence-corrected chi connectivity index (χ2v) is 8.90. The molecule has 4 rings (SSSR count). The first kappa shape index (κ1) is 17.4. The molecule has 3 N–H and O–H groups in total. The van der Waals surface area contributed by atoms with Crippen LogP contribution in [0.5, 0.6) is 0 Å². The van der Waals surface area contributed by atoms with Gasteiger partial charge in [-0.1, -0.05) is 47.5 Å². The van der Waals surface area contributed by atoms with E-state index < -0.39 is 15.2 Å². The van der Waals surface area contributed by atoms with E-state index in [4.69, 9.17) is 28.9 Å². The first-order valence-electron chi connectivity index (χ1n) is 7.83. The third-order valence-corrected chi connectivity index (χ3v) is 6.96. The lowest BCUT2D eigenvalue weighted by molar-refractivity contribution is 0.584. The Hall–Kier alpha value is -2.05. The topological polar surface area (TPSA) is 76.0 Å². The SMILES string of the molecule is NC(c1ccc2[nH]c3ccccc3c2c1)S(=O)(=O)c1ccc(Cl)cc1Cl. The molecule has 7 heteroatoms. The fourth-order valence-electron chi connectivity index (χ4n) is 3.06. The number of halogens is 2. The maximum absolute atomic E-state index is 12.9. The van der Waals surface area contributed by atoms with Gasteiger partial charge in [0.2, 0.25) is 0 Å². The third kappa shape index (κ3) is 2.77. The Morgan fingerprint density at radius 3 is 2.38 bits per heavy atom. The van der Waals surface area contributed by atoms with E-state index in [1.54, 1.807) is 12.1 Å². The summed E-state index contributed by atoms with van der Waals surface area (Å²) in [6.45, 7) is 0. The minimum atomic E-state index is -3.87. The molecule has 26 heavy (non-hydrogen) atoms. The van der Waals surface area contributed by atoms with Crippen LogP contribution in [0.15, 0.2) is 65.6 Å². The Bertz CT molecular complexity index is 1250. The summed E-state index contributed by atoms with van der Waals surface area (Å²) in [5.41, 5.74) is 8.52. The molecule has 0 radical (unpaired) electrons. The van der Waals surface area contributed by atoms with Crippen LogP contribution < -0.4 is 5.73 Å². The van der Waals surface area contributed by atoms with Crippen molar-refractivity contribution in [1.82, 2.24) is 4.98 Å². The van der Waals surface area contributed by atoms with Crippen LogP contribution >= 0.6 is 23.2 Å². The van der Waals surface area contributed by atoms with Crippen molar-refractivity contribution in [3.8, 4) is 0 Å². The molecule has 0 aliphatic heterocycles. The highest BCUT2D eigenvalue weighted by atomic mass is 35.5. The summed E-state index contributed by atoms with van der Waals surface area (Å²) in [7, 11) is -3.87. The summed E-state index contributed by atoms with van der Waals surface area (Å²) < 4.78 is 25.9. The minimum absolute atomic E-state index is 0.0323. The maximum Gasteiger partial charge on any atom is 0.199 e. The fourth-order valence-corrected chi connectivity index (χ4v) is 5.16. The molecule has 3 aromatic carbocycles. The van der Waals surface area contributed by atoms with Crippen LogP contribution in [0, 0.1) is 0 Å². The summed E-state index contributed by atoms with van der Waals surface area (Å²) in [5.74, 6) is 0. The Kier molecular flexibility index (Phi) is 4.20. The predicted octanol–water partition coefficient (Wildman–Crippen LogP) is 5.06. The van der Waals surface area contributed by atoms with Crippen molar-refractivity contribution >= 4 is 54.8 Å². The normalized spacial score (nSPS) is 13.3. The number of fused-ring (bicyclic) bond motifs is 3. The Morgan fingerprint density at radius 2 is 1.62 bits per heavy atom. The molecule has 0 bridgehead atoms. The van der Waals surface area contributed by atoms with E-state index in [2.05, 4.69) is 4.98 Å². The number of para-hydroxylation sites is 1. The number of H-pyrrole nitrogens is 1. The van der Waals surface area contributed by atoms with Crippen molar-refractivity contribution in [3.05, 3.63) is 76.3 Å². The smallest absolute Gasteiger partial charge is 0.199 e. The number of nitrogens with one attached hydrogen (secondary N) is 1. The van der Waals surface area contributed by atoms with Crippen LogP contribution in [0.3, 0.4) is 0 Å². The van der Waals surface area contributed by atoms with E-state index in [1.807, 2.05) is 30.3 Å². The molecular formula is C19H14Cl2N2O2S. The summed E-state index contributed by atoms with van der Waals surface area (Å²) in [4.78, 5) is 3.27. The second-order valence-electron chi connectivity index (χ2n) is 6.02. The molecule has 1 unspecified atom stereocenters. The largest absolute Gasteiger partial charge is 0.355 e. The number of sulfone groups is 1. The van der Waals surface area contributed by atoms with Gasteiger partial charge in [-0.3, -0.25) is 0 Å². The van der Waals surface area contributed by atoms with Gasteiger partial charge in [0.1, 0.15) is 5.37 Å². The first-order chi connectivity index (χ1) is 12.4. The van der Waals surface area contributed by atoms with Gasteiger partial charge in [0.15, 0.2) is 9.84 Å². The van der Waals surface area contributed by atoms with E-state index in [1.165, 1.54) is 18.2 Å². The summed E-state index contributed by atoms with van der Waals surface area (Å²) in [6.07, 6.45) is 0. The molecule has 4 nitrogen and oxygen atoms in total. The van der Waals surface area contributed by atoms with Gasteiger partial charge in [-0.25, -0.2) is 8.42 Å². The van der Waals surface area contributed by atoms with Crippen LogP contribution in [0.2, 0.25) is 10.0 Å². The highest BCUT2D eigenvalue weighted by Gasteiger charge is 2.28. The van der Waals surface area contributed by atoms with Crippen molar-refractivity contribution in [2.75, 3.05) is 0 Å². The van der Waals surface area contributed by atoms with Gasteiger partial charge in [0.05, 0.1) is 9.92 Å². The second kappa shape index (κ2) is 6.28. The zero-order valence-electron chi connectivity index (χ0n) is 13.4. The lowest BCUT2D eigenvalue weighted by atomic mass is 10.1. The molecule has 0 saturated carbocycles. The fraction of sp³-hybridized carbons (Fsp3) is 0.0526. The van der Waals surface area contributed by atoms with Crippen LogP contribution in [0.4, 0.5) is 0 Å². The predicted molar refractivity (Wildman–Crippen MR) is 106 cm³/mol. The van der Waals surface area contributed by atoms with Crippen molar-refractivity contribution in [3.63, 3.8) is 0 Å². The van der Waals surface area contributed by atoms with Gasteiger partial charge >= 0.3 is 0 Å². The van der Waals surface area contributed by atoms with Gasteiger partial charge in [-0.2, -0.15) is 0 Å². The van der Waals surface area contributed by atoms with Gasteiger partial charge < -0.3 is 10.7 Å². The van der Waals surface area contributed by atoms with Crippen molar-refractivity contribution in [2.45, 2.75) is 10.3 Å². The van der Waals surface area contributed by atoms with Gasteiger partial charge in [-0.05, 0) is 42.0 Å². The number of nitrogens with two attached hydrogens (primary N) is 1. The third-order valence-electron chi connectivity index (χ3n) is 4.39. The quantitative estimate of drug-likeness (QED) is 0.500. The van der Waals surface area contributed by atoms with Crippen LogP contribution in [0.25, 0.3) is 21.8 Å². The molecule has 0 saturated heterocycles. The molecule has 0 aliphatic carbocycles. The number of hydrogen-bond acceptors (Lipinski definition) is 3. The molecule has 0 amide bonds. The molecule has 1 aromatic heterocycles. The van der Waals surface area contributed by atoms with E-state index in [0.717, 1.165) is 21.8 Å². The average Bonchev–Trinajstić information content (AvgIpc) is 2.98. The molecular weight excluding hydrogens is 391 g/mol. The maximum atomic E-state index is 12.9. The van der Waals surface area contributed by atoms with Crippen molar-refractivity contribution in [1.29, 1.82) is 0 Å². The molecule has 0 fully saturated rings. The molecule has 132 valence electrons. The standard InChI is InChI=1S/C19H14Cl2N2O2S/c20-12-6-8-18(15(21)10-12)26(24,25)19(22)11-5-7-17-14(9-11)13-3-1-2-4-16(13)23-17/h1-10,19,23H,22H2. The first-order valence-corrected chi connectivity index (χ1v) is 10.1. The molecule has 0 spiro atoms. The number of rotatable bonds is 3. The molecule has 0 aliphatic rings. The van der Waals surface area contributed by atoms with Crippen molar-refractivity contribution < 1.29 is 8.42 Å². The van der Waals surface area contributed by atoms with Crippen LogP contribution in [-0.2, 0) is 9.84 Å². The number of benzene rings is 3. The Morgan fingerprint density at radius 1 is 0.885 bits per heavy atom. The van der Waals surface area contributed by atoms with E-state index in [-0.39, 0.29) is 9.92 Å². The minimum Gasteiger partial charge on any atom is -0.355 e. The summed E-state index contributed by atoms with van der Waals surface area (Å²) in [5, 5.41) is 1.12. The Labute approximate surface area is 160 Å². The molecule has 1 atom stereocenters. The monoisotopic (exact) mass is 404 g/mol. The van der Waals surface area contributed by atoms with Crippen LogP contribution in [-0.4, -0.2) is 13.4 Å². The lowest BCUT2D eigenvalue weighted by Gasteiger charge is -2.15. The number of aromatic amines is 1. The number of hydrogen-bond donors (Lipinski definition) is 2. The van der Waals surface area contributed by atoms with E-state index >= 15 is 0 Å². The number of aromatic nitrogens is 1. The Balaban J connectivity index is 1.84. The summed E-state index contributed by atoms with van der Waals surface area (Å²) in [6, 6.07) is 17.4. The molecule has 4 aromatic rings.